The van der Waals surface area contributed by atoms with Gasteiger partial charge in [-0.05, 0) is 37.5 Å². The normalized spacial score (nSPS) is 28.5. The Labute approximate surface area is 205 Å². The molecule has 1 aliphatic rings. The summed E-state index contributed by atoms with van der Waals surface area (Å²) in [6, 6.07) is 0. The molecule has 0 heterocycles. The lowest BCUT2D eigenvalue weighted by atomic mass is 9.79. The molecular formula is C26H48O4. The highest BCUT2D eigenvalue weighted by molar-refractivity contribution is 5.82. The Kier molecular flexibility index (Phi) is 6.78. The third-order valence-electron chi connectivity index (χ3n) is 5.50. The van der Waals surface area contributed by atoms with Gasteiger partial charge in [0.1, 0.15) is 0 Å². The van der Waals surface area contributed by atoms with E-state index in [1.807, 2.05) is 0 Å². The Morgan fingerprint density at radius 1 is 0.733 bits per heavy atom. The molecule has 1 aliphatic carbocycles. The minimum Gasteiger partial charge on any atom is -0.465 e. The van der Waals surface area contributed by atoms with Crippen molar-refractivity contribution in [3.63, 3.8) is 0 Å². The van der Waals surface area contributed by atoms with Crippen molar-refractivity contribution >= 4 is 11.9 Å². The van der Waals surface area contributed by atoms with Crippen LogP contribution in [0.4, 0.5) is 0 Å². The van der Waals surface area contributed by atoms with Gasteiger partial charge in [-0.3, -0.25) is 9.59 Å². The second-order valence-electron chi connectivity index (χ2n) is 8.12. The van der Waals surface area contributed by atoms with Gasteiger partial charge in [0.2, 0.25) is 0 Å². The van der Waals surface area contributed by atoms with Crippen molar-refractivity contribution in [2.45, 2.75) is 117 Å². The predicted octanol–water partition coefficient (Wildman–Crippen LogP) is 7.09. The van der Waals surface area contributed by atoms with Gasteiger partial charge in [-0.2, -0.15) is 0 Å². The van der Waals surface area contributed by atoms with E-state index in [1.54, 1.807) is 0 Å². The summed E-state index contributed by atoms with van der Waals surface area (Å²) in [4.78, 5) is 25.5. The maximum absolute atomic E-state index is 12.7. The molecule has 0 radical (unpaired) electrons. The van der Waals surface area contributed by atoms with Crippen LogP contribution in [0.3, 0.4) is 0 Å². The van der Waals surface area contributed by atoms with Gasteiger partial charge in [-0.15, -0.1) is 0 Å². The van der Waals surface area contributed by atoms with Crippen molar-refractivity contribution < 1.29 is 38.3 Å². The fourth-order valence-electron chi connectivity index (χ4n) is 3.77. The molecule has 0 bridgehead atoms. The van der Waals surface area contributed by atoms with Gasteiger partial charge in [0, 0.05) is 19.2 Å². The average molecular weight is 439 g/mol. The molecule has 176 valence electrons. The molecule has 2 unspecified atom stereocenters. The van der Waals surface area contributed by atoms with Crippen LogP contribution in [0.1, 0.15) is 136 Å². The molecule has 30 heavy (non-hydrogen) atoms. The maximum atomic E-state index is 12.7. The summed E-state index contributed by atoms with van der Waals surface area (Å²) < 4.78 is 116. The van der Waals surface area contributed by atoms with E-state index in [-0.39, 0.29) is 38.9 Å². The van der Waals surface area contributed by atoms with Crippen LogP contribution >= 0.6 is 0 Å². The summed E-state index contributed by atoms with van der Waals surface area (Å²) in [7, 11) is 0. The molecule has 0 aliphatic heterocycles. The molecule has 0 aromatic heterocycles. The third kappa shape index (κ3) is 12.6. The number of rotatable bonds is 16. The van der Waals surface area contributed by atoms with Crippen LogP contribution < -0.4 is 0 Å². The summed E-state index contributed by atoms with van der Waals surface area (Å²) in [6.45, 7) is -11.5. The molecule has 0 N–H and O–H groups in total. The van der Waals surface area contributed by atoms with Gasteiger partial charge >= 0.3 is 11.9 Å². The van der Waals surface area contributed by atoms with E-state index in [4.69, 9.17) is 28.7 Å². The summed E-state index contributed by atoms with van der Waals surface area (Å²) >= 11 is 0. The second kappa shape index (κ2) is 16.6. The van der Waals surface area contributed by atoms with Crippen molar-refractivity contribution in [2.24, 2.45) is 23.6 Å². The lowest BCUT2D eigenvalue weighted by Crippen LogP contribution is -2.35. The summed E-state index contributed by atoms with van der Waals surface area (Å²) in [5.74, 6) is -7.27. The Morgan fingerprint density at radius 2 is 1.13 bits per heavy atom. The predicted molar refractivity (Wildman–Crippen MR) is 123 cm³/mol. The van der Waals surface area contributed by atoms with Crippen LogP contribution in [0.5, 0.6) is 0 Å². The Bertz CT molecular complexity index is 795. The highest BCUT2D eigenvalue weighted by Gasteiger charge is 2.37. The zero-order valence-corrected chi connectivity index (χ0v) is 18.1. The van der Waals surface area contributed by atoms with Crippen LogP contribution in [0.15, 0.2) is 0 Å². The van der Waals surface area contributed by atoms with Crippen LogP contribution in [0, 0.1) is 23.6 Å². The van der Waals surface area contributed by atoms with Crippen molar-refractivity contribution in [3.05, 3.63) is 0 Å². The second-order valence-corrected chi connectivity index (χ2v) is 8.12. The van der Waals surface area contributed by atoms with Gasteiger partial charge < -0.3 is 9.47 Å². The zero-order chi connectivity index (χ0) is 34.0. The minimum atomic E-state index is -2.94. The fraction of sp³-hybridized carbons (Fsp3) is 0.923. The summed E-state index contributed by atoms with van der Waals surface area (Å²) in [5, 5.41) is 0. The molecule has 0 saturated heterocycles. The van der Waals surface area contributed by atoms with Gasteiger partial charge in [0.05, 0.1) is 25.0 Å². The third-order valence-corrected chi connectivity index (χ3v) is 5.50. The number of carbonyl (C=O) groups excluding carboxylic acids is 2. The largest absolute Gasteiger partial charge is 0.465 e. The van der Waals surface area contributed by atoms with Crippen molar-refractivity contribution in [1.29, 1.82) is 0 Å². The highest BCUT2D eigenvalue weighted by Crippen LogP contribution is 2.32. The maximum Gasteiger partial charge on any atom is 0.309 e. The molecule has 1 fully saturated rings. The lowest BCUT2D eigenvalue weighted by molar-refractivity contribution is -0.163. The van der Waals surface area contributed by atoms with E-state index in [9.17, 15) is 9.59 Å². The van der Waals surface area contributed by atoms with Gasteiger partial charge in [-0.25, -0.2) is 0 Å². The van der Waals surface area contributed by atoms with Crippen LogP contribution in [-0.4, -0.2) is 25.2 Å². The molecule has 0 amide bonds. The molecule has 0 aromatic carbocycles. The lowest BCUT2D eigenvalue weighted by Gasteiger charge is -2.28. The molecular weight excluding hydrogens is 376 g/mol. The van der Waals surface area contributed by atoms with Gasteiger partial charge in [0.15, 0.2) is 0 Å². The number of carbonyl (C=O) groups is 2. The number of hydrogen-bond donors (Lipinski definition) is 0. The minimum absolute atomic E-state index is 0.102. The molecule has 0 spiro atoms. The SMILES string of the molecule is [2H]C([2H])([2H])C([2H])(CCCCCCOC(=O)C1CCCCC1C(=O)OCCCCCCC([2H])(C([2H])([2H])[2H])C([2H])([2H])[2H])C([2H])([2H])[2H]. The molecule has 4 nitrogen and oxygen atoms in total. The number of hydrogen-bond acceptors (Lipinski definition) is 4. The van der Waals surface area contributed by atoms with E-state index in [0.29, 0.717) is 51.4 Å². The molecule has 2 atom stereocenters. The standard InChI is InChI=1S/C26H48O4/c1-21(2)15-9-5-7-13-19-29-25(27)23-17-11-12-18-24(23)26(28)30-20-14-8-6-10-16-22(3)4/h21-24H,5-20H2,1-4H3/i1D3,2D3,3D3,4D3,21D,22D. The Morgan fingerprint density at radius 3 is 1.53 bits per heavy atom. The molecule has 0 aromatic rings. The molecule has 1 rings (SSSR count). The Hall–Kier alpha value is -1.06. The Balaban J connectivity index is 2.39. The first-order chi connectivity index (χ1) is 20.0. The van der Waals surface area contributed by atoms with Crippen molar-refractivity contribution in [2.75, 3.05) is 13.2 Å². The van der Waals surface area contributed by atoms with E-state index >= 15 is 0 Å². The van der Waals surface area contributed by atoms with E-state index in [2.05, 4.69) is 0 Å². The highest BCUT2D eigenvalue weighted by atomic mass is 16.5. The van der Waals surface area contributed by atoms with Crippen molar-refractivity contribution in [3.8, 4) is 0 Å². The topological polar surface area (TPSA) is 52.6 Å². The quantitative estimate of drug-likeness (QED) is 0.191. The zero-order valence-electron chi connectivity index (χ0n) is 32.1. The molecule has 1 saturated carbocycles. The first-order valence-electron chi connectivity index (χ1n) is 18.3. The summed E-state index contributed by atoms with van der Waals surface area (Å²) in [5.41, 5.74) is 0. The van der Waals surface area contributed by atoms with Crippen molar-refractivity contribution in [1.82, 2.24) is 0 Å². The number of unbranched alkanes of at least 4 members (excludes halogenated alkanes) is 6. The van der Waals surface area contributed by atoms with Crippen LogP contribution in [0.25, 0.3) is 0 Å². The van der Waals surface area contributed by atoms with Crippen LogP contribution in [-0.2, 0) is 19.1 Å². The van der Waals surface area contributed by atoms with E-state index in [0.717, 1.165) is 12.8 Å². The van der Waals surface area contributed by atoms with Gasteiger partial charge in [-0.1, -0.05) is 91.6 Å². The first-order valence-corrected chi connectivity index (χ1v) is 11.3. The number of ether oxygens (including phenoxy) is 2. The molecule has 4 heteroatoms. The monoisotopic (exact) mass is 438 g/mol. The smallest absolute Gasteiger partial charge is 0.309 e. The van der Waals surface area contributed by atoms with E-state index in [1.165, 1.54) is 0 Å². The first kappa shape index (κ1) is 12.3. The average Bonchev–Trinajstić information content (AvgIpc) is 2.88. The van der Waals surface area contributed by atoms with Gasteiger partial charge in [0.25, 0.3) is 0 Å². The van der Waals surface area contributed by atoms with Crippen LogP contribution in [0.2, 0.25) is 0 Å². The number of esters is 2. The summed E-state index contributed by atoms with van der Waals surface area (Å²) in [6.07, 6.45) is 5.42. The van der Waals surface area contributed by atoms with E-state index < -0.39 is 63.0 Å². The fourth-order valence-corrected chi connectivity index (χ4v) is 3.77.